The van der Waals surface area contributed by atoms with E-state index in [1.807, 2.05) is 0 Å². The van der Waals surface area contributed by atoms with E-state index in [0.29, 0.717) is 18.4 Å². The van der Waals surface area contributed by atoms with Crippen LogP contribution in [0.25, 0.3) is 0 Å². The second kappa shape index (κ2) is 3.64. The summed E-state index contributed by atoms with van der Waals surface area (Å²) in [4.78, 5) is 10.8. The number of rotatable bonds is 3. The van der Waals surface area contributed by atoms with Crippen LogP contribution in [0.2, 0.25) is 5.02 Å². The van der Waals surface area contributed by atoms with E-state index in [9.17, 15) is 15.0 Å². The average molecular weight is 243 g/mol. The molecule has 1 aliphatic rings. The van der Waals surface area contributed by atoms with Crippen molar-refractivity contribution in [1.82, 2.24) is 0 Å². The minimum absolute atomic E-state index is 0.0226. The predicted octanol–water partition coefficient (Wildman–Crippen LogP) is 1.52. The molecule has 0 aromatic heterocycles. The van der Waals surface area contributed by atoms with E-state index in [2.05, 4.69) is 0 Å². The second-order valence-corrected chi connectivity index (χ2v) is 4.47. The van der Waals surface area contributed by atoms with E-state index in [0.717, 1.165) is 0 Å². The third-order valence-corrected chi connectivity index (χ3v) is 3.35. The monoisotopic (exact) mass is 242 g/mol. The Kier molecular flexibility index (Phi) is 2.56. The van der Waals surface area contributed by atoms with Crippen LogP contribution in [0.1, 0.15) is 18.4 Å². The quantitative estimate of drug-likeness (QED) is 0.751. The summed E-state index contributed by atoms with van der Waals surface area (Å²) in [5.41, 5.74) is -0.196. The normalized spacial score (nSPS) is 19.1. The molecule has 1 aliphatic carbocycles. The van der Waals surface area contributed by atoms with Gasteiger partial charge in [0.2, 0.25) is 0 Å². The molecule has 0 saturated heterocycles. The molecule has 0 aliphatic heterocycles. The van der Waals surface area contributed by atoms with Crippen LogP contribution in [0.5, 0.6) is 5.75 Å². The molecule has 1 aromatic carbocycles. The van der Waals surface area contributed by atoms with Crippen LogP contribution in [0, 0.1) is 0 Å². The number of halogens is 1. The highest BCUT2D eigenvalue weighted by atomic mass is 35.5. The maximum atomic E-state index is 10.8. The van der Waals surface area contributed by atoms with Gasteiger partial charge in [-0.05, 0) is 30.5 Å². The number of aliphatic carboxylic acids is 1. The Morgan fingerprint density at radius 1 is 1.44 bits per heavy atom. The first-order valence-electron chi connectivity index (χ1n) is 4.87. The van der Waals surface area contributed by atoms with Gasteiger partial charge in [-0.2, -0.15) is 0 Å². The Labute approximate surface area is 97.1 Å². The van der Waals surface area contributed by atoms with Crippen molar-refractivity contribution in [2.24, 2.45) is 0 Å². The van der Waals surface area contributed by atoms with Gasteiger partial charge >= 0.3 is 5.97 Å². The predicted molar refractivity (Wildman–Crippen MR) is 57.7 cm³/mol. The molecule has 0 spiro atoms. The fraction of sp³-hybridized carbons (Fsp3) is 0.364. The van der Waals surface area contributed by atoms with Gasteiger partial charge < -0.3 is 15.3 Å². The van der Waals surface area contributed by atoms with Crippen molar-refractivity contribution in [3.05, 3.63) is 28.8 Å². The van der Waals surface area contributed by atoms with Crippen LogP contribution in [-0.4, -0.2) is 27.4 Å². The number of carbonyl (C=O) groups is 1. The van der Waals surface area contributed by atoms with Crippen molar-refractivity contribution in [3.8, 4) is 5.75 Å². The Morgan fingerprint density at radius 3 is 2.50 bits per heavy atom. The SMILES string of the molecule is O=C(O)C(O)C1(c2ccc(O)cc2Cl)CC1. The first-order chi connectivity index (χ1) is 7.47. The number of aliphatic hydroxyl groups excluding tert-OH is 1. The number of hydrogen-bond donors (Lipinski definition) is 3. The number of aromatic hydroxyl groups is 1. The summed E-state index contributed by atoms with van der Waals surface area (Å²) >= 11 is 5.94. The Bertz CT molecular complexity index is 440. The molecule has 1 unspecified atom stereocenters. The molecule has 5 heteroatoms. The van der Waals surface area contributed by atoms with E-state index < -0.39 is 17.5 Å². The highest BCUT2D eigenvalue weighted by Gasteiger charge is 2.54. The topological polar surface area (TPSA) is 77.8 Å². The first-order valence-corrected chi connectivity index (χ1v) is 5.25. The maximum absolute atomic E-state index is 10.8. The molecule has 4 nitrogen and oxygen atoms in total. The van der Waals surface area contributed by atoms with E-state index in [1.54, 1.807) is 6.07 Å². The van der Waals surface area contributed by atoms with Gasteiger partial charge in [-0.3, -0.25) is 0 Å². The van der Waals surface area contributed by atoms with Crippen molar-refractivity contribution < 1.29 is 20.1 Å². The molecule has 3 N–H and O–H groups in total. The van der Waals surface area contributed by atoms with Crippen LogP contribution < -0.4 is 0 Å². The molecule has 0 radical (unpaired) electrons. The third-order valence-electron chi connectivity index (χ3n) is 3.04. The van der Waals surface area contributed by atoms with E-state index in [1.165, 1.54) is 12.1 Å². The van der Waals surface area contributed by atoms with Gasteiger partial charge in [0.1, 0.15) is 5.75 Å². The summed E-state index contributed by atoms with van der Waals surface area (Å²) in [6.07, 6.45) is -0.273. The van der Waals surface area contributed by atoms with Gasteiger partial charge in [0.25, 0.3) is 0 Å². The molecule has 16 heavy (non-hydrogen) atoms. The zero-order valence-electron chi connectivity index (χ0n) is 8.35. The van der Waals surface area contributed by atoms with Gasteiger partial charge in [-0.1, -0.05) is 17.7 Å². The van der Waals surface area contributed by atoms with Crippen LogP contribution in [0.3, 0.4) is 0 Å². The first kappa shape index (κ1) is 11.2. The van der Waals surface area contributed by atoms with Gasteiger partial charge in [0.05, 0.1) is 0 Å². The lowest BCUT2D eigenvalue weighted by Gasteiger charge is -2.20. The van der Waals surface area contributed by atoms with Crippen molar-refractivity contribution in [1.29, 1.82) is 0 Å². The number of phenolic OH excluding ortho intramolecular Hbond substituents is 1. The molecular weight excluding hydrogens is 232 g/mol. The molecule has 0 amide bonds. The summed E-state index contributed by atoms with van der Waals surface area (Å²) in [6, 6.07) is 4.36. The fourth-order valence-corrected chi connectivity index (χ4v) is 2.33. The minimum Gasteiger partial charge on any atom is -0.508 e. The molecule has 2 rings (SSSR count). The number of phenols is 1. The number of carboxylic acids is 1. The van der Waals surface area contributed by atoms with E-state index in [4.69, 9.17) is 16.7 Å². The highest BCUT2D eigenvalue weighted by Crippen LogP contribution is 2.53. The zero-order chi connectivity index (χ0) is 11.9. The number of hydrogen-bond acceptors (Lipinski definition) is 3. The lowest BCUT2D eigenvalue weighted by atomic mass is 9.90. The smallest absolute Gasteiger partial charge is 0.333 e. The van der Waals surface area contributed by atoms with Crippen LogP contribution >= 0.6 is 11.6 Å². The second-order valence-electron chi connectivity index (χ2n) is 4.06. The fourth-order valence-electron chi connectivity index (χ4n) is 1.97. The molecule has 1 fully saturated rings. The number of aliphatic hydroxyl groups is 1. The average Bonchev–Trinajstić information content (AvgIpc) is 2.97. The molecule has 1 saturated carbocycles. The van der Waals surface area contributed by atoms with E-state index in [-0.39, 0.29) is 10.8 Å². The molecule has 1 aromatic rings. The van der Waals surface area contributed by atoms with Gasteiger partial charge in [-0.15, -0.1) is 0 Å². The van der Waals surface area contributed by atoms with Crippen LogP contribution in [-0.2, 0) is 10.2 Å². The Hall–Kier alpha value is -1.26. The summed E-state index contributed by atoms with van der Waals surface area (Å²) < 4.78 is 0. The van der Waals surface area contributed by atoms with Crippen molar-refractivity contribution in [2.45, 2.75) is 24.4 Å². The molecule has 1 atom stereocenters. The summed E-state index contributed by atoms with van der Waals surface area (Å²) in [5, 5.41) is 28.0. The van der Waals surface area contributed by atoms with Gasteiger partial charge in [0.15, 0.2) is 6.10 Å². The summed E-state index contributed by atoms with van der Waals surface area (Å²) in [6.45, 7) is 0. The third kappa shape index (κ3) is 1.64. The maximum Gasteiger partial charge on any atom is 0.333 e. The van der Waals surface area contributed by atoms with Crippen molar-refractivity contribution >= 4 is 17.6 Å². The largest absolute Gasteiger partial charge is 0.508 e. The zero-order valence-corrected chi connectivity index (χ0v) is 9.11. The van der Waals surface area contributed by atoms with Crippen LogP contribution in [0.4, 0.5) is 0 Å². The summed E-state index contributed by atoms with van der Waals surface area (Å²) in [5.74, 6) is -1.23. The van der Waals surface area contributed by atoms with Gasteiger partial charge in [-0.25, -0.2) is 4.79 Å². The summed E-state index contributed by atoms with van der Waals surface area (Å²) in [7, 11) is 0. The number of carboxylic acid groups (broad SMARTS) is 1. The molecule has 0 heterocycles. The van der Waals surface area contributed by atoms with Gasteiger partial charge in [0, 0.05) is 10.4 Å². The minimum atomic E-state index is -1.45. The Balaban J connectivity index is 2.40. The van der Waals surface area contributed by atoms with E-state index >= 15 is 0 Å². The number of benzene rings is 1. The lowest BCUT2D eigenvalue weighted by molar-refractivity contribution is -0.148. The van der Waals surface area contributed by atoms with Crippen LogP contribution in [0.15, 0.2) is 18.2 Å². The highest BCUT2D eigenvalue weighted by molar-refractivity contribution is 6.31. The molecule has 0 bridgehead atoms. The van der Waals surface area contributed by atoms with Crippen molar-refractivity contribution in [3.63, 3.8) is 0 Å². The van der Waals surface area contributed by atoms with Crippen molar-refractivity contribution in [2.75, 3.05) is 0 Å². The molecular formula is C11H11ClO4. The lowest BCUT2D eigenvalue weighted by Crippen LogP contribution is -2.34. The molecule has 86 valence electrons. The Morgan fingerprint density at radius 2 is 2.06 bits per heavy atom. The standard InChI is InChI=1S/C11H11ClO4/c12-8-5-6(13)1-2-7(8)11(3-4-11)9(14)10(15)16/h1-2,5,9,13-14H,3-4H2,(H,15,16).